The number of hydrogen-bond acceptors (Lipinski definition) is 8. The fourth-order valence-corrected chi connectivity index (χ4v) is 2.83. The third-order valence-electron chi connectivity index (χ3n) is 3.85. The minimum absolute atomic E-state index is 0.0175. The molecule has 4 rings (SSSR count). The molecule has 0 radical (unpaired) electrons. The summed E-state index contributed by atoms with van der Waals surface area (Å²) in [4.78, 5) is 37.5. The van der Waals surface area contributed by atoms with Crippen molar-refractivity contribution in [3.8, 4) is 17.1 Å². The van der Waals surface area contributed by atoms with Crippen LogP contribution in [0.1, 0.15) is 17.4 Å². The molecule has 1 amide bonds. The first-order valence-corrected chi connectivity index (χ1v) is 8.53. The van der Waals surface area contributed by atoms with E-state index in [1.807, 2.05) is 0 Å². The lowest BCUT2D eigenvalue weighted by Crippen LogP contribution is -2.13. The van der Waals surface area contributed by atoms with Crippen molar-refractivity contribution in [3.05, 3.63) is 57.7 Å². The summed E-state index contributed by atoms with van der Waals surface area (Å²) in [6.45, 7) is 1.27. The number of aromatic amines is 1. The van der Waals surface area contributed by atoms with Crippen LogP contribution in [0.15, 0.2) is 50.2 Å². The molecule has 0 fully saturated rings. The zero-order chi connectivity index (χ0) is 20.5. The molecule has 4 aromatic rings. The van der Waals surface area contributed by atoms with Gasteiger partial charge in [-0.15, -0.1) is 0 Å². The Kier molecular flexibility index (Phi) is 4.61. The number of ether oxygens (including phenoxy) is 1. The second-order valence-corrected chi connectivity index (χ2v) is 6.31. The summed E-state index contributed by atoms with van der Waals surface area (Å²) in [6.07, 6.45) is 0. The number of nitrogens with one attached hydrogen (secondary N) is 2. The van der Waals surface area contributed by atoms with E-state index in [9.17, 15) is 14.4 Å². The quantitative estimate of drug-likeness (QED) is 0.383. The molecule has 29 heavy (non-hydrogen) atoms. The molecule has 0 aliphatic rings. The van der Waals surface area contributed by atoms with E-state index in [0.717, 1.165) is 0 Å². The highest BCUT2D eigenvalue weighted by atomic mass is 35.5. The molecule has 2 heterocycles. The van der Waals surface area contributed by atoms with Gasteiger partial charge in [0.25, 0.3) is 5.91 Å². The number of anilines is 1. The number of aromatic nitrogens is 3. The maximum Gasteiger partial charge on any atom is 0.439 e. The van der Waals surface area contributed by atoms with Crippen LogP contribution in [0.25, 0.3) is 22.4 Å². The lowest BCUT2D eigenvalue weighted by molar-refractivity contribution is -0.131. The number of fused-ring (bicyclic) bond motifs is 1. The molecule has 0 saturated carbocycles. The van der Waals surface area contributed by atoms with Gasteiger partial charge in [0.1, 0.15) is 5.75 Å². The third kappa shape index (κ3) is 3.73. The number of rotatable bonds is 4. The average molecular weight is 415 g/mol. The molecular weight excluding hydrogens is 404 g/mol. The monoisotopic (exact) mass is 414 g/mol. The van der Waals surface area contributed by atoms with Gasteiger partial charge in [-0.25, -0.2) is 4.79 Å². The fourth-order valence-electron chi connectivity index (χ4n) is 2.66. The van der Waals surface area contributed by atoms with Gasteiger partial charge in [-0.2, -0.15) is 0 Å². The summed E-state index contributed by atoms with van der Waals surface area (Å²) < 4.78 is 14.7. The van der Waals surface area contributed by atoms with Gasteiger partial charge in [0.2, 0.25) is 0 Å². The van der Waals surface area contributed by atoms with E-state index in [1.54, 1.807) is 18.2 Å². The highest BCUT2D eigenvalue weighted by molar-refractivity contribution is 6.31. The lowest BCUT2D eigenvalue weighted by Gasteiger charge is -2.08. The van der Waals surface area contributed by atoms with E-state index in [1.165, 1.54) is 25.1 Å². The van der Waals surface area contributed by atoms with Crippen LogP contribution in [0.5, 0.6) is 5.75 Å². The van der Waals surface area contributed by atoms with Crippen LogP contribution in [0.3, 0.4) is 0 Å². The Morgan fingerprint density at radius 3 is 2.69 bits per heavy atom. The number of esters is 1. The third-order valence-corrected chi connectivity index (χ3v) is 4.08. The number of carbonyl (C=O) groups excluding carboxylic acids is 2. The van der Waals surface area contributed by atoms with Crippen LogP contribution in [0, 0.1) is 0 Å². The van der Waals surface area contributed by atoms with Crippen LogP contribution in [0.4, 0.5) is 5.69 Å². The Morgan fingerprint density at radius 1 is 1.14 bits per heavy atom. The molecule has 0 aliphatic heterocycles. The molecule has 0 spiro atoms. The molecular formula is C18H11ClN4O6. The maximum absolute atomic E-state index is 12.8. The predicted octanol–water partition coefficient (Wildman–Crippen LogP) is 3.00. The summed E-state index contributed by atoms with van der Waals surface area (Å²) in [5, 5.41) is 10.9. The molecule has 11 heteroatoms. The summed E-state index contributed by atoms with van der Waals surface area (Å²) in [5.74, 6) is -1.43. The Balaban J connectivity index is 1.67. The van der Waals surface area contributed by atoms with Crippen molar-refractivity contribution in [2.24, 2.45) is 0 Å². The Hall–Kier alpha value is -3.92. The first-order chi connectivity index (χ1) is 13.9. The summed E-state index contributed by atoms with van der Waals surface area (Å²) in [6, 6.07) is 9.14. The maximum atomic E-state index is 12.8. The number of carbonyl (C=O) groups is 2. The molecule has 0 atom stereocenters. The van der Waals surface area contributed by atoms with Crippen molar-refractivity contribution >= 4 is 40.1 Å². The number of H-pyrrole nitrogens is 1. The van der Waals surface area contributed by atoms with Gasteiger partial charge in [-0.05, 0) is 30.3 Å². The van der Waals surface area contributed by atoms with Crippen molar-refractivity contribution in [2.45, 2.75) is 6.92 Å². The van der Waals surface area contributed by atoms with Crippen molar-refractivity contribution in [1.29, 1.82) is 0 Å². The highest BCUT2D eigenvalue weighted by Gasteiger charge is 2.20. The molecule has 146 valence electrons. The highest BCUT2D eigenvalue weighted by Crippen LogP contribution is 2.30. The number of nitrogens with zero attached hydrogens (tertiary/aromatic N) is 2. The Bertz CT molecular complexity index is 1310. The van der Waals surface area contributed by atoms with Gasteiger partial charge in [0, 0.05) is 23.6 Å². The van der Waals surface area contributed by atoms with Gasteiger partial charge in [-0.1, -0.05) is 21.9 Å². The van der Waals surface area contributed by atoms with E-state index in [0.29, 0.717) is 21.7 Å². The van der Waals surface area contributed by atoms with Crippen LogP contribution in [-0.4, -0.2) is 27.2 Å². The van der Waals surface area contributed by atoms with E-state index in [-0.39, 0.29) is 22.9 Å². The molecule has 2 aromatic heterocycles. The molecule has 2 aromatic carbocycles. The molecule has 2 N–H and O–H groups in total. The van der Waals surface area contributed by atoms with Crippen LogP contribution >= 0.6 is 11.6 Å². The minimum Gasteiger partial charge on any atom is -0.427 e. The normalized spacial score (nSPS) is 10.8. The minimum atomic E-state index is -0.747. The second kappa shape index (κ2) is 7.24. The summed E-state index contributed by atoms with van der Waals surface area (Å²) in [7, 11) is 0. The first-order valence-electron chi connectivity index (χ1n) is 8.16. The number of benzene rings is 2. The van der Waals surface area contributed by atoms with Gasteiger partial charge in [0.15, 0.2) is 17.1 Å². The van der Waals surface area contributed by atoms with Gasteiger partial charge < -0.3 is 14.6 Å². The Morgan fingerprint density at radius 2 is 1.97 bits per heavy atom. The van der Waals surface area contributed by atoms with Crippen LogP contribution in [-0.2, 0) is 4.79 Å². The van der Waals surface area contributed by atoms with Crippen molar-refractivity contribution < 1.29 is 23.4 Å². The van der Waals surface area contributed by atoms with E-state index in [4.69, 9.17) is 20.9 Å². The van der Waals surface area contributed by atoms with Crippen molar-refractivity contribution in [2.75, 3.05) is 5.32 Å². The molecule has 0 bridgehead atoms. The molecule has 0 unspecified atom stereocenters. The van der Waals surface area contributed by atoms with E-state index < -0.39 is 17.6 Å². The fraction of sp³-hybridized carbons (Fsp3) is 0.0556. The van der Waals surface area contributed by atoms with Gasteiger partial charge in [0.05, 0.1) is 11.1 Å². The van der Waals surface area contributed by atoms with Crippen molar-refractivity contribution in [3.63, 3.8) is 0 Å². The smallest absolute Gasteiger partial charge is 0.427 e. The van der Waals surface area contributed by atoms with Gasteiger partial charge >= 0.3 is 11.7 Å². The Labute approximate surface area is 166 Å². The predicted molar refractivity (Wildman–Crippen MR) is 101 cm³/mol. The van der Waals surface area contributed by atoms with E-state index in [2.05, 4.69) is 25.1 Å². The lowest BCUT2D eigenvalue weighted by atomic mass is 10.1. The number of amides is 1. The topological polar surface area (TPSA) is 140 Å². The molecule has 0 aliphatic carbocycles. The van der Waals surface area contributed by atoms with Gasteiger partial charge in [-0.3, -0.25) is 19.1 Å². The van der Waals surface area contributed by atoms with Crippen LogP contribution < -0.4 is 15.8 Å². The summed E-state index contributed by atoms with van der Waals surface area (Å²) in [5.41, 5.74) is 0.952. The second-order valence-electron chi connectivity index (χ2n) is 5.87. The van der Waals surface area contributed by atoms with Crippen molar-refractivity contribution in [1.82, 2.24) is 15.3 Å². The SMILES string of the molecule is CC(=O)Oc1ccc2c(C(=O)Nc3ccc(Cl)cc3-c3noc(=O)[nH]3)noc2c1. The molecule has 10 nitrogen and oxygen atoms in total. The summed E-state index contributed by atoms with van der Waals surface area (Å²) >= 11 is 6.01. The van der Waals surface area contributed by atoms with Crippen LogP contribution in [0.2, 0.25) is 5.02 Å². The standard InChI is InChI=1S/C18H11ClN4O6/c1-8(24)27-10-3-4-11-14(7-10)28-22-15(11)17(25)20-13-5-2-9(19)6-12(13)16-21-18(26)29-23-16/h2-7H,1H3,(H,20,25)(H,21,23,26). The van der Waals surface area contributed by atoms with E-state index >= 15 is 0 Å². The largest absolute Gasteiger partial charge is 0.439 e. The number of hydrogen-bond donors (Lipinski definition) is 2. The average Bonchev–Trinajstić information content (AvgIpc) is 3.28. The molecule has 0 saturated heterocycles. The zero-order valence-electron chi connectivity index (χ0n) is 14.7. The first kappa shape index (κ1) is 18.4. The number of halogens is 1. The zero-order valence-corrected chi connectivity index (χ0v) is 15.4.